The number of benzene rings is 2. The molecule has 0 amide bonds. The van der Waals surface area contributed by atoms with Gasteiger partial charge in [0.05, 0.1) is 0 Å². The number of H-pyrrole nitrogens is 2. The first kappa shape index (κ1) is 18.6. The summed E-state index contributed by atoms with van der Waals surface area (Å²) in [5, 5.41) is 27.1. The van der Waals surface area contributed by atoms with E-state index in [1.54, 1.807) is 0 Å². The van der Waals surface area contributed by atoms with Crippen molar-refractivity contribution in [2.75, 3.05) is 0 Å². The van der Waals surface area contributed by atoms with E-state index in [1.165, 1.54) is 0 Å². The first-order valence-corrected chi connectivity index (χ1v) is 6.51. The Morgan fingerprint density at radius 3 is 1.21 bits per heavy atom. The van der Waals surface area contributed by atoms with Crippen molar-refractivity contribution < 1.29 is 0 Å². The topological polar surface area (TPSA) is 109 Å². The van der Waals surface area contributed by atoms with Gasteiger partial charge in [-0.25, -0.2) is 0 Å². The Hall–Kier alpha value is -3.42. The van der Waals surface area contributed by atoms with Gasteiger partial charge in [-0.15, -0.1) is 20.4 Å². The fourth-order valence-electron chi connectivity index (χ4n) is 1.74. The number of tetrazole rings is 2. The Morgan fingerprint density at radius 1 is 0.542 bits per heavy atom. The maximum Gasteiger partial charge on any atom is 0.204 e. The second-order valence-electron chi connectivity index (χ2n) is 4.20. The number of hydrogen-bond acceptors (Lipinski definition) is 6. The van der Waals surface area contributed by atoms with Gasteiger partial charge in [0, 0.05) is 11.1 Å². The maximum absolute atomic E-state index is 3.84. The normalized spacial score (nSPS) is 9.00. The highest BCUT2D eigenvalue weighted by molar-refractivity contribution is 5.53. The number of nitrogens with zero attached hydrogens (tertiary/aromatic N) is 6. The second-order valence-corrected chi connectivity index (χ2v) is 4.20. The van der Waals surface area contributed by atoms with E-state index in [2.05, 4.69) is 41.2 Å². The van der Waals surface area contributed by atoms with E-state index in [0.29, 0.717) is 11.6 Å². The van der Waals surface area contributed by atoms with Gasteiger partial charge in [-0.3, -0.25) is 0 Å². The van der Waals surface area contributed by atoms with Crippen LogP contribution in [0.15, 0.2) is 60.7 Å². The van der Waals surface area contributed by atoms with Crippen LogP contribution in [0.3, 0.4) is 0 Å². The molecule has 8 heteroatoms. The van der Waals surface area contributed by atoms with Gasteiger partial charge in [0.1, 0.15) is 0 Å². The fraction of sp³-hybridized carbons (Fsp3) is 0.125. The fourth-order valence-corrected chi connectivity index (χ4v) is 1.74. The van der Waals surface area contributed by atoms with Crippen molar-refractivity contribution >= 4 is 0 Å². The van der Waals surface area contributed by atoms with Crippen molar-refractivity contribution in [3.63, 3.8) is 0 Å². The molecule has 0 aliphatic rings. The molecule has 0 aliphatic carbocycles. The predicted molar refractivity (Wildman–Crippen MR) is 92.7 cm³/mol. The molecule has 0 fully saturated rings. The van der Waals surface area contributed by atoms with Crippen molar-refractivity contribution in [1.82, 2.24) is 41.2 Å². The summed E-state index contributed by atoms with van der Waals surface area (Å²) in [6.45, 7) is 0. The van der Waals surface area contributed by atoms with Gasteiger partial charge in [-0.05, 0) is 10.4 Å². The Labute approximate surface area is 140 Å². The number of hydrogen-bond donors (Lipinski definition) is 2. The van der Waals surface area contributed by atoms with Crippen LogP contribution in [-0.4, -0.2) is 41.2 Å². The minimum atomic E-state index is 0. The van der Waals surface area contributed by atoms with E-state index >= 15 is 0 Å². The molecule has 24 heavy (non-hydrogen) atoms. The van der Waals surface area contributed by atoms with Crippen LogP contribution in [0.2, 0.25) is 0 Å². The molecule has 2 N–H and O–H groups in total. The molecule has 0 saturated heterocycles. The molecule has 0 unspecified atom stereocenters. The smallest absolute Gasteiger partial charge is 0.177 e. The second kappa shape index (κ2) is 9.57. The SMILES string of the molecule is C.C.c1ccc(-c2nn[nH]n2)cc1.c1ccc(-c2nn[nH]n2)cc1. The molecule has 4 rings (SSSR count). The lowest BCUT2D eigenvalue weighted by atomic mass is 10.2. The summed E-state index contributed by atoms with van der Waals surface area (Å²) >= 11 is 0. The predicted octanol–water partition coefficient (Wildman–Crippen LogP) is 3.01. The van der Waals surface area contributed by atoms with Crippen LogP contribution < -0.4 is 0 Å². The van der Waals surface area contributed by atoms with Gasteiger partial charge < -0.3 is 0 Å². The molecule has 0 bridgehead atoms. The van der Waals surface area contributed by atoms with E-state index < -0.39 is 0 Å². The molecule has 2 heterocycles. The standard InChI is InChI=1S/2C7H6N4.2CH4/c2*1-2-4-6(5-3-1)7-8-10-11-9-7;;/h2*1-5H,(H,8,9,10,11);2*1H4. The third kappa shape index (κ3) is 4.80. The zero-order chi connectivity index (χ0) is 15.0. The van der Waals surface area contributed by atoms with Crippen LogP contribution >= 0.6 is 0 Å². The average Bonchev–Trinajstić information content (AvgIpc) is 3.31. The molecular formula is C16H20N8. The minimum Gasteiger partial charge on any atom is -0.177 e. The van der Waals surface area contributed by atoms with E-state index in [0.717, 1.165) is 11.1 Å². The number of aromatic amines is 2. The molecule has 2 aromatic heterocycles. The van der Waals surface area contributed by atoms with Crippen molar-refractivity contribution in [2.24, 2.45) is 0 Å². The summed E-state index contributed by atoms with van der Waals surface area (Å²) in [6, 6.07) is 19.4. The van der Waals surface area contributed by atoms with Gasteiger partial charge in [-0.1, -0.05) is 75.5 Å². The number of nitrogens with one attached hydrogen (secondary N) is 2. The molecule has 0 atom stereocenters. The highest BCUT2D eigenvalue weighted by Gasteiger charge is 1.99. The van der Waals surface area contributed by atoms with E-state index in [4.69, 9.17) is 0 Å². The first-order chi connectivity index (χ1) is 10.9. The molecule has 2 aromatic carbocycles. The zero-order valence-corrected chi connectivity index (χ0v) is 11.5. The minimum absolute atomic E-state index is 0. The Bertz CT molecular complexity index is 698. The number of aromatic nitrogens is 8. The van der Waals surface area contributed by atoms with Crippen molar-refractivity contribution in [3.8, 4) is 22.8 Å². The van der Waals surface area contributed by atoms with E-state index in [-0.39, 0.29) is 14.9 Å². The third-order valence-corrected chi connectivity index (χ3v) is 2.75. The third-order valence-electron chi connectivity index (χ3n) is 2.75. The molecule has 0 saturated carbocycles. The summed E-state index contributed by atoms with van der Waals surface area (Å²) in [6.07, 6.45) is 0. The summed E-state index contributed by atoms with van der Waals surface area (Å²) in [7, 11) is 0. The molecule has 0 aliphatic heterocycles. The van der Waals surface area contributed by atoms with Crippen molar-refractivity contribution in [1.29, 1.82) is 0 Å². The molecular weight excluding hydrogens is 304 g/mol. The monoisotopic (exact) mass is 324 g/mol. The lowest BCUT2D eigenvalue weighted by Gasteiger charge is -1.89. The summed E-state index contributed by atoms with van der Waals surface area (Å²) in [5.41, 5.74) is 1.95. The van der Waals surface area contributed by atoms with Gasteiger partial charge in [-0.2, -0.15) is 10.4 Å². The highest BCUT2D eigenvalue weighted by atomic mass is 15.5. The van der Waals surface area contributed by atoms with Crippen molar-refractivity contribution in [3.05, 3.63) is 60.7 Å². The van der Waals surface area contributed by atoms with Gasteiger partial charge in [0.2, 0.25) is 11.6 Å². The van der Waals surface area contributed by atoms with Crippen molar-refractivity contribution in [2.45, 2.75) is 14.9 Å². The number of rotatable bonds is 2. The molecule has 124 valence electrons. The summed E-state index contributed by atoms with van der Waals surface area (Å²) in [5.74, 6) is 1.26. The van der Waals surface area contributed by atoms with E-state index in [9.17, 15) is 0 Å². The van der Waals surface area contributed by atoms with Crippen LogP contribution in [0.1, 0.15) is 14.9 Å². The maximum atomic E-state index is 3.84. The molecule has 4 aromatic rings. The first-order valence-electron chi connectivity index (χ1n) is 6.51. The lowest BCUT2D eigenvalue weighted by Crippen LogP contribution is -1.78. The average molecular weight is 324 g/mol. The van der Waals surface area contributed by atoms with Gasteiger partial charge in [0.25, 0.3) is 0 Å². The van der Waals surface area contributed by atoms with Crippen LogP contribution in [0, 0.1) is 0 Å². The molecule has 0 radical (unpaired) electrons. The zero-order valence-electron chi connectivity index (χ0n) is 11.5. The summed E-state index contributed by atoms with van der Waals surface area (Å²) < 4.78 is 0. The Kier molecular flexibility index (Phi) is 7.43. The summed E-state index contributed by atoms with van der Waals surface area (Å²) in [4.78, 5) is 0. The van der Waals surface area contributed by atoms with Gasteiger partial charge in [0.15, 0.2) is 0 Å². The van der Waals surface area contributed by atoms with Crippen LogP contribution in [0.5, 0.6) is 0 Å². The quantitative estimate of drug-likeness (QED) is 0.586. The molecule has 8 nitrogen and oxygen atoms in total. The van der Waals surface area contributed by atoms with Crippen LogP contribution in [0.4, 0.5) is 0 Å². The highest BCUT2D eigenvalue weighted by Crippen LogP contribution is 2.11. The largest absolute Gasteiger partial charge is 0.204 e. The Morgan fingerprint density at radius 2 is 0.917 bits per heavy atom. The van der Waals surface area contributed by atoms with Crippen LogP contribution in [0.25, 0.3) is 22.8 Å². The van der Waals surface area contributed by atoms with E-state index in [1.807, 2.05) is 60.7 Å². The molecule has 0 spiro atoms. The van der Waals surface area contributed by atoms with Gasteiger partial charge >= 0.3 is 0 Å². The van der Waals surface area contributed by atoms with Crippen LogP contribution in [-0.2, 0) is 0 Å². The lowest BCUT2D eigenvalue weighted by molar-refractivity contribution is 0.881. The Balaban J connectivity index is 0.000000222.